The number of amides is 1. The standard InChI is InChI=1S/C15H26N2O3/c1-4-7-10-20-15(18)16-13-11-19-12-14(13)17(8-5-2)9-6-3/h5-6,13-14H,2-4,7-12H2,1H3,(H,16,18). The zero-order chi connectivity index (χ0) is 14.8. The molecule has 20 heavy (non-hydrogen) atoms. The number of ether oxygens (including phenoxy) is 2. The summed E-state index contributed by atoms with van der Waals surface area (Å²) in [6.45, 7) is 12.6. The second-order valence-corrected chi connectivity index (χ2v) is 4.88. The third kappa shape index (κ3) is 5.35. The number of alkyl carbamates (subject to hydrolysis) is 1. The van der Waals surface area contributed by atoms with Gasteiger partial charge < -0.3 is 14.8 Å². The molecule has 1 rings (SSSR count). The lowest BCUT2D eigenvalue weighted by molar-refractivity contribution is 0.133. The van der Waals surface area contributed by atoms with Gasteiger partial charge in [0.1, 0.15) is 0 Å². The van der Waals surface area contributed by atoms with E-state index in [1.807, 2.05) is 12.2 Å². The molecule has 1 saturated heterocycles. The molecule has 2 unspecified atom stereocenters. The number of nitrogens with zero attached hydrogens (tertiary/aromatic N) is 1. The number of hydrogen-bond donors (Lipinski definition) is 1. The molecule has 1 heterocycles. The number of nitrogens with one attached hydrogen (secondary N) is 1. The molecule has 0 aliphatic carbocycles. The van der Waals surface area contributed by atoms with Gasteiger partial charge in [-0.1, -0.05) is 25.5 Å². The molecule has 114 valence electrons. The van der Waals surface area contributed by atoms with Gasteiger partial charge in [0.15, 0.2) is 0 Å². The first-order chi connectivity index (χ1) is 9.72. The van der Waals surface area contributed by atoms with Crippen LogP contribution in [0.1, 0.15) is 19.8 Å². The first kappa shape index (κ1) is 16.7. The lowest BCUT2D eigenvalue weighted by Crippen LogP contribution is -2.51. The summed E-state index contributed by atoms with van der Waals surface area (Å²) in [5, 5.41) is 2.89. The van der Waals surface area contributed by atoms with Crippen LogP contribution in [0.15, 0.2) is 25.3 Å². The van der Waals surface area contributed by atoms with Crippen molar-refractivity contribution in [3.63, 3.8) is 0 Å². The van der Waals surface area contributed by atoms with Crippen molar-refractivity contribution in [2.24, 2.45) is 0 Å². The molecule has 0 aromatic carbocycles. The van der Waals surface area contributed by atoms with Crippen molar-refractivity contribution in [2.45, 2.75) is 31.8 Å². The first-order valence-corrected chi connectivity index (χ1v) is 7.19. The lowest BCUT2D eigenvalue weighted by Gasteiger charge is -2.30. The van der Waals surface area contributed by atoms with E-state index in [2.05, 4.69) is 30.3 Å². The molecule has 5 nitrogen and oxygen atoms in total. The fraction of sp³-hybridized carbons (Fsp3) is 0.667. The number of carbonyl (C=O) groups excluding carboxylic acids is 1. The molecule has 1 aliphatic heterocycles. The maximum absolute atomic E-state index is 11.7. The number of unbranched alkanes of at least 4 members (excludes halogenated alkanes) is 1. The average Bonchev–Trinajstić information content (AvgIpc) is 2.87. The highest BCUT2D eigenvalue weighted by molar-refractivity contribution is 5.67. The van der Waals surface area contributed by atoms with E-state index in [4.69, 9.17) is 9.47 Å². The van der Waals surface area contributed by atoms with E-state index in [1.165, 1.54) is 0 Å². The molecule has 2 atom stereocenters. The van der Waals surface area contributed by atoms with Crippen molar-refractivity contribution >= 4 is 6.09 Å². The van der Waals surface area contributed by atoms with Gasteiger partial charge in [-0.05, 0) is 6.42 Å². The number of carbonyl (C=O) groups is 1. The van der Waals surface area contributed by atoms with Crippen LogP contribution >= 0.6 is 0 Å². The van der Waals surface area contributed by atoms with Gasteiger partial charge in [0.25, 0.3) is 0 Å². The lowest BCUT2D eigenvalue weighted by atomic mass is 10.1. The highest BCUT2D eigenvalue weighted by Gasteiger charge is 2.33. The van der Waals surface area contributed by atoms with Gasteiger partial charge in [-0.25, -0.2) is 4.79 Å². The topological polar surface area (TPSA) is 50.8 Å². The molecular formula is C15H26N2O3. The highest BCUT2D eigenvalue weighted by Crippen LogP contribution is 2.14. The van der Waals surface area contributed by atoms with Crippen LogP contribution in [0, 0.1) is 0 Å². The molecule has 1 aliphatic rings. The maximum Gasteiger partial charge on any atom is 0.407 e. The van der Waals surface area contributed by atoms with Crippen LogP contribution in [0.4, 0.5) is 4.79 Å². The minimum atomic E-state index is -0.365. The molecule has 0 aromatic heterocycles. The summed E-state index contributed by atoms with van der Waals surface area (Å²) in [4.78, 5) is 13.9. The Hall–Kier alpha value is -1.33. The van der Waals surface area contributed by atoms with E-state index in [1.54, 1.807) is 0 Å². The van der Waals surface area contributed by atoms with Crippen molar-refractivity contribution in [3.8, 4) is 0 Å². The fourth-order valence-electron chi connectivity index (χ4n) is 2.22. The van der Waals surface area contributed by atoms with Crippen molar-refractivity contribution in [3.05, 3.63) is 25.3 Å². The van der Waals surface area contributed by atoms with Gasteiger partial charge >= 0.3 is 6.09 Å². The van der Waals surface area contributed by atoms with Crippen molar-refractivity contribution in [1.82, 2.24) is 10.2 Å². The Kier molecular flexibility index (Phi) is 7.99. The minimum Gasteiger partial charge on any atom is -0.450 e. The second kappa shape index (κ2) is 9.55. The van der Waals surface area contributed by atoms with Crippen LogP contribution < -0.4 is 5.32 Å². The zero-order valence-electron chi connectivity index (χ0n) is 12.3. The third-order valence-electron chi connectivity index (χ3n) is 3.28. The fourth-order valence-corrected chi connectivity index (χ4v) is 2.22. The van der Waals surface area contributed by atoms with E-state index in [0.717, 1.165) is 25.9 Å². The molecule has 0 aromatic rings. The molecule has 5 heteroatoms. The molecule has 0 bridgehead atoms. The zero-order valence-corrected chi connectivity index (χ0v) is 12.3. The Balaban J connectivity index is 2.48. The molecule has 1 amide bonds. The van der Waals surface area contributed by atoms with E-state index in [0.29, 0.717) is 19.8 Å². The van der Waals surface area contributed by atoms with Crippen LogP contribution in [-0.4, -0.2) is 56.0 Å². The summed E-state index contributed by atoms with van der Waals surface area (Å²) in [6, 6.07) is 0.0775. The normalized spacial score (nSPS) is 21.7. The first-order valence-electron chi connectivity index (χ1n) is 7.19. The highest BCUT2D eigenvalue weighted by atomic mass is 16.5. The quantitative estimate of drug-likeness (QED) is 0.519. The smallest absolute Gasteiger partial charge is 0.407 e. The average molecular weight is 282 g/mol. The summed E-state index contributed by atoms with van der Waals surface area (Å²) in [6.07, 6.45) is 5.22. The summed E-state index contributed by atoms with van der Waals surface area (Å²) in [7, 11) is 0. The molecule has 0 saturated carbocycles. The van der Waals surface area contributed by atoms with E-state index < -0.39 is 0 Å². The van der Waals surface area contributed by atoms with Crippen LogP contribution in [0.25, 0.3) is 0 Å². The van der Waals surface area contributed by atoms with Crippen LogP contribution in [-0.2, 0) is 9.47 Å². The van der Waals surface area contributed by atoms with Crippen LogP contribution in [0.3, 0.4) is 0 Å². The van der Waals surface area contributed by atoms with Crippen LogP contribution in [0.5, 0.6) is 0 Å². The Morgan fingerprint density at radius 2 is 2.10 bits per heavy atom. The SMILES string of the molecule is C=CCN(CC=C)C1COCC1NC(=O)OCCCC. The van der Waals surface area contributed by atoms with E-state index >= 15 is 0 Å². The van der Waals surface area contributed by atoms with Crippen molar-refractivity contribution < 1.29 is 14.3 Å². The van der Waals surface area contributed by atoms with E-state index in [-0.39, 0.29) is 18.2 Å². The Bertz CT molecular complexity index is 310. The molecule has 0 radical (unpaired) electrons. The maximum atomic E-state index is 11.7. The molecule has 1 fully saturated rings. The third-order valence-corrected chi connectivity index (χ3v) is 3.28. The van der Waals surface area contributed by atoms with Gasteiger partial charge in [-0.2, -0.15) is 0 Å². The van der Waals surface area contributed by atoms with Gasteiger partial charge in [0, 0.05) is 13.1 Å². The predicted octanol–water partition coefficient (Wildman–Crippen LogP) is 1.95. The summed E-state index contributed by atoms with van der Waals surface area (Å²) < 4.78 is 10.6. The Morgan fingerprint density at radius 3 is 2.70 bits per heavy atom. The van der Waals surface area contributed by atoms with Crippen molar-refractivity contribution in [1.29, 1.82) is 0 Å². The largest absolute Gasteiger partial charge is 0.450 e. The van der Waals surface area contributed by atoms with Gasteiger partial charge in [0.2, 0.25) is 0 Å². The monoisotopic (exact) mass is 282 g/mol. The Morgan fingerprint density at radius 1 is 1.40 bits per heavy atom. The molecule has 0 spiro atoms. The number of rotatable bonds is 9. The van der Waals surface area contributed by atoms with Crippen molar-refractivity contribution in [2.75, 3.05) is 32.9 Å². The van der Waals surface area contributed by atoms with Gasteiger partial charge in [-0.15, -0.1) is 13.2 Å². The minimum absolute atomic E-state index is 0.0518. The predicted molar refractivity (Wildman–Crippen MR) is 79.8 cm³/mol. The summed E-state index contributed by atoms with van der Waals surface area (Å²) >= 11 is 0. The van der Waals surface area contributed by atoms with E-state index in [9.17, 15) is 4.79 Å². The molecule has 1 N–H and O–H groups in total. The number of hydrogen-bond acceptors (Lipinski definition) is 4. The van der Waals surface area contributed by atoms with Gasteiger partial charge in [-0.3, -0.25) is 4.90 Å². The van der Waals surface area contributed by atoms with Gasteiger partial charge in [0.05, 0.1) is 31.9 Å². The summed E-state index contributed by atoms with van der Waals surface area (Å²) in [5.74, 6) is 0. The Labute approximate surface area is 121 Å². The van der Waals surface area contributed by atoms with Crippen LogP contribution in [0.2, 0.25) is 0 Å². The molecular weight excluding hydrogens is 256 g/mol. The second-order valence-electron chi connectivity index (χ2n) is 4.88. The summed E-state index contributed by atoms with van der Waals surface area (Å²) in [5.41, 5.74) is 0.